The highest BCUT2D eigenvalue weighted by Gasteiger charge is 2.07. The van der Waals surface area contributed by atoms with E-state index in [2.05, 4.69) is 40.8 Å². The number of nitrogens with zero attached hydrogens (tertiary/aromatic N) is 2. The Morgan fingerprint density at radius 2 is 2.29 bits per heavy atom. The van der Waals surface area contributed by atoms with Gasteiger partial charge in [-0.2, -0.15) is 0 Å². The molecule has 4 heteroatoms. The molecule has 0 fully saturated rings. The first-order valence-corrected chi connectivity index (χ1v) is 6.74. The second-order valence-electron chi connectivity index (χ2n) is 4.33. The van der Waals surface area contributed by atoms with Crippen LogP contribution in [-0.2, 0) is 13.5 Å². The van der Waals surface area contributed by atoms with Gasteiger partial charge in [0.15, 0.2) is 0 Å². The van der Waals surface area contributed by atoms with E-state index in [1.807, 2.05) is 30.8 Å². The van der Waals surface area contributed by atoms with E-state index in [1.54, 1.807) is 0 Å². The van der Waals surface area contributed by atoms with Gasteiger partial charge in [-0.05, 0) is 26.0 Å². The van der Waals surface area contributed by atoms with E-state index in [0.717, 1.165) is 18.8 Å². The molecule has 0 spiro atoms. The fourth-order valence-electron chi connectivity index (χ4n) is 1.82. The molecule has 0 aromatic carbocycles. The quantitative estimate of drug-likeness (QED) is 0.883. The number of aromatic nitrogens is 2. The third-order valence-corrected chi connectivity index (χ3v) is 4.09. The lowest BCUT2D eigenvalue weighted by Crippen LogP contribution is -2.21. The molecule has 0 radical (unpaired) electrons. The molecule has 1 unspecified atom stereocenters. The van der Waals surface area contributed by atoms with Gasteiger partial charge in [0.05, 0.1) is 0 Å². The molecule has 1 N–H and O–H groups in total. The number of nitrogens with one attached hydrogen (secondary N) is 1. The van der Waals surface area contributed by atoms with Crippen LogP contribution < -0.4 is 5.32 Å². The van der Waals surface area contributed by atoms with Crippen molar-refractivity contribution < 1.29 is 0 Å². The van der Waals surface area contributed by atoms with Crippen molar-refractivity contribution >= 4 is 11.3 Å². The van der Waals surface area contributed by atoms with Gasteiger partial charge in [-0.25, -0.2) is 4.98 Å². The van der Waals surface area contributed by atoms with Crippen LogP contribution in [0, 0.1) is 6.92 Å². The Labute approximate surface area is 107 Å². The molecule has 17 heavy (non-hydrogen) atoms. The van der Waals surface area contributed by atoms with Crippen LogP contribution in [-0.4, -0.2) is 16.1 Å². The Bertz CT molecular complexity index is 472. The summed E-state index contributed by atoms with van der Waals surface area (Å²) >= 11 is 1.86. The van der Waals surface area contributed by atoms with Crippen LogP contribution >= 0.6 is 11.3 Å². The molecule has 0 saturated heterocycles. The van der Waals surface area contributed by atoms with E-state index in [1.165, 1.54) is 9.75 Å². The predicted octanol–water partition coefficient (Wildman–Crippen LogP) is 2.68. The molecule has 0 aliphatic heterocycles. The second kappa shape index (κ2) is 5.47. The Kier molecular flexibility index (Phi) is 3.97. The zero-order valence-electron chi connectivity index (χ0n) is 10.6. The van der Waals surface area contributed by atoms with Crippen molar-refractivity contribution in [2.24, 2.45) is 7.05 Å². The SMILES string of the molecule is Cc1ccc(C(C)NCCc2nccn2C)s1. The molecular weight excluding hydrogens is 230 g/mol. The van der Waals surface area contributed by atoms with Gasteiger partial charge in [-0.1, -0.05) is 0 Å². The Morgan fingerprint density at radius 3 is 2.88 bits per heavy atom. The van der Waals surface area contributed by atoms with E-state index in [-0.39, 0.29) is 0 Å². The van der Waals surface area contributed by atoms with Crippen LogP contribution in [0.3, 0.4) is 0 Å². The lowest BCUT2D eigenvalue weighted by molar-refractivity contribution is 0.572. The number of imidazole rings is 1. The van der Waals surface area contributed by atoms with Gasteiger partial charge in [0, 0.05) is 48.2 Å². The molecule has 0 saturated carbocycles. The van der Waals surface area contributed by atoms with E-state index in [0.29, 0.717) is 6.04 Å². The van der Waals surface area contributed by atoms with Gasteiger partial charge < -0.3 is 9.88 Å². The fraction of sp³-hybridized carbons (Fsp3) is 0.462. The maximum Gasteiger partial charge on any atom is 0.109 e. The fourth-order valence-corrected chi connectivity index (χ4v) is 2.73. The standard InChI is InChI=1S/C13H19N3S/c1-10-4-5-12(17-10)11(2)14-7-6-13-15-8-9-16(13)3/h4-5,8-9,11,14H,6-7H2,1-3H3. The highest BCUT2D eigenvalue weighted by molar-refractivity contribution is 7.12. The first kappa shape index (κ1) is 12.3. The van der Waals surface area contributed by atoms with Crippen molar-refractivity contribution in [3.05, 3.63) is 40.1 Å². The third-order valence-electron chi connectivity index (χ3n) is 2.91. The molecule has 2 heterocycles. The van der Waals surface area contributed by atoms with Gasteiger partial charge in [0.2, 0.25) is 0 Å². The van der Waals surface area contributed by atoms with Crippen molar-refractivity contribution in [1.82, 2.24) is 14.9 Å². The highest BCUT2D eigenvalue weighted by atomic mass is 32.1. The van der Waals surface area contributed by atoms with Gasteiger partial charge in [0.25, 0.3) is 0 Å². The summed E-state index contributed by atoms with van der Waals surface area (Å²) in [5, 5.41) is 3.53. The lowest BCUT2D eigenvalue weighted by atomic mass is 10.2. The first-order chi connectivity index (χ1) is 8.16. The number of rotatable bonds is 5. The van der Waals surface area contributed by atoms with Crippen LogP contribution in [0.1, 0.15) is 28.5 Å². The molecule has 1 atom stereocenters. The van der Waals surface area contributed by atoms with Gasteiger partial charge in [-0.15, -0.1) is 11.3 Å². The van der Waals surface area contributed by atoms with Gasteiger partial charge in [-0.3, -0.25) is 0 Å². The van der Waals surface area contributed by atoms with E-state index < -0.39 is 0 Å². The van der Waals surface area contributed by atoms with Crippen LogP contribution in [0.15, 0.2) is 24.5 Å². The summed E-state index contributed by atoms with van der Waals surface area (Å²) in [4.78, 5) is 7.09. The molecular formula is C13H19N3S. The Balaban J connectivity index is 1.81. The van der Waals surface area contributed by atoms with Crippen molar-refractivity contribution in [2.75, 3.05) is 6.54 Å². The predicted molar refractivity (Wildman–Crippen MR) is 72.4 cm³/mol. The normalized spacial score (nSPS) is 12.9. The first-order valence-electron chi connectivity index (χ1n) is 5.92. The van der Waals surface area contributed by atoms with Crippen LogP contribution in [0.2, 0.25) is 0 Å². The summed E-state index contributed by atoms with van der Waals surface area (Å²) < 4.78 is 2.07. The largest absolute Gasteiger partial charge is 0.338 e. The van der Waals surface area contributed by atoms with Crippen LogP contribution in [0.5, 0.6) is 0 Å². The number of aryl methyl sites for hydroxylation is 2. The van der Waals surface area contributed by atoms with Gasteiger partial charge in [0.1, 0.15) is 5.82 Å². The molecule has 2 aromatic heterocycles. The maximum absolute atomic E-state index is 4.32. The minimum atomic E-state index is 0.425. The second-order valence-corrected chi connectivity index (χ2v) is 5.65. The number of thiophene rings is 1. The lowest BCUT2D eigenvalue weighted by Gasteiger charge is -2.11. The van der Waals surface area contributed by atoms with Crippen LogP contribution in [0.4, 0.5) is 0 Å². The topological polar surface area (TPSA) is 29.9 Å². The van der Waals surface area contributed by atoms with Crippen molar-refractivity contribution in [3.63, 3.8) is 0 Å². The Morgan fingerprint density at radius 1 is 1.47 bits per heavy atom. The van der Waals surface area contributed by atoms with Crippen LogP contribution in [0.25, 0.3) is 0 Å². The summed E-state index contributed by atoms with van der Waals surface area (Å²) in [6.07, 6.45) is 4.81. The van der Waals surface area contributed by atoms with E-state index in [4.69, 9.17) is 0 Å². The minimum absolute atomic E-state index is 0.425. The molecule has 0 amide bonds. The molecule has 92 valence electrons. The summed E-state index contributed by atoms with van der Waals surface area (Å²) in [7, 11) is 2.04. The van der Waals surface area contributed by atoms with Gasteiger partial charge >= 0.3 is 0 Å². The molecule has 3 nitrogen and oxygen atoms in total. The minimum Gasteiger partial charge on any atom is -0.338 e. The summed E-state index contributed by atoms with van der Waals surface area (Å²) in [5.74, 6) is 1.13. The molecule has 0 aliphatic rings. The summed E-state index contributed by atoms with van der Waals surface area (Å²) in [6.45, 7) is 5.32. The Hall–Kier alpha value is -1.13. The number of hydrogen-bond donors (Lipinski definition) is 1. The van der Waals surface area contributed by atoms with Crippen molar-refractivity contribution in [1.29, 1.82) is 0 Å². The zero-order valence-corrected chi connectivity index (χ0v) is 11.4. The summed E-state index contributed by atoms with van der Waals surface area (Å²) in [6, 6.07) is 4.81. The average molecular weight is 249 g/mol. The third kappa shape index (κ3) is 3.17. The molecule has 0 aliphatic carbocycles. The molecule has 2 aromatic rings. The average Bonchev–Trinajstić information content (AvgIpc) is 2.88. The van der Waals surface area contributed by atoms with Crippen molar-refractivity contribution in [2.45, 2.75) is 26.3 Å². The highest BCUT2D eigenvalue weighted by Crippen LogP contribution is 2.21. The number of hydrogen-bond acceptors (Lipinski definition) is 3. The smallest absolute Gasteiger partial charge is 0.109 e. The van der Waals surface area contributed by atoms with E-state index in [9.17, 15) is 0 Å². The summed E-state index contributed by atoms with van der Waals surface area (Å²) in [5.41, 5.74) is 0. The maximum atomic E-state index is 4.32. The van der Waals surface area contributed by atoms with E-state index >= 15 is 0 Å². The van der Waals surface area contributed by atoms with Crippen molar-refractivity contribution in [3.8, 4) is 0 Å². The molecule has 2 rings (SSSR count). The monoisotopic (exact) mass is 249 g/mol. The molecule has 0 bridgehead atoms. The zero-order chi connectivity index (χ0) is 12.3.